The second kappa shape index (κ2) is 4.45. The van der Waals surface area contributed by atoms with E-state index in [4.69, 9.17) is 21.8 Å². The third-order valence-corrected chi connectivity index (χ3v) is 2.37. The van der Waals surface area contributed by atoms with Crippen LogP contribution in [0.3, 0.4) is 0 Å². The van der Waals surface area contributed by atoms with E-state index in [1.807, 2.05) is 0 Å². The van der Waals surface area contributed by atoms with E-state index in [0.717, 1.165) is 6.07 Å². The topological polar surface area (TPSA) is 77.8 Å². The van der Waals surface area contributed by atoms with E-state index in [2.05, 4.69) is 15.2 Å². The number of anilines is 1. The molecule has 0 spiro atoms. The number of alkyl halides is 3. The Morgan fingerprint density at radius 1 is 1.33 bits per heavy atom. The number of aromatic nitrogens is 3. The maximum Gasteiger partial charge on any atom is 0.417 e. The summed E-state index contributed by atoms with van der Waals surface area (Å²) in [5.41, 5.74) is 4.50. The van der Waals surface area contributed by atoms with Crippen LogP contribution < -0.4 is 5.73 Å². The Balaban J connectivity index is 2.25. The van der Waals surface area contributed by atoms with Gasteiger partial charge in [0.1, 0.15) is 0 Å². The number of hydrogen-bond donors (Lipinski definition) is 1. The zero-order valence-corrected chi connectivity index (χ0v) is 9.46. The van der Waals surface area contributed by atoms with Crippen molar-refractivity contribution in [3.8, 4) is 0 Å². The maximum atomic E-state index is 12.4. The summed E-state index contributed by atoms with van der Waals surface area (Å²) in [4.78, 5) is 3.63. The Labute approximate surface area is 104 Å². The number of rotatable bonds is 2. The molecule has 0 aromatic carbocycles. The van der Waals surface area contributed by atoms with Crippen molar-refractivity contribution in [2.75, 3.05) is 5.73 Å². The fraction of sp³-hybridized carbons (Fsp3) is 0.222. The van der Waals surface area contributed by atoms with Gasteiger partial charge in [0.25, 0.3) is 0 Å². The van der Waals surface area contributed by atoms with E-state index in [1.165, 1.54) is 0 Å². The Bertz CT molecular complexity index is 569. The van der Waals surface area contributed by atoms with Crippen LogP contribution in [0, 0.1) is 0 Å². The number of pyridine rings is 1. The van der Waals surface area contributed by atoms with Crippen LogP contribution in [-0.4, -0.2) is 15.2 Å². The lowest BCUT2D eigenvalue weighted by Gasteiger charge is -2.07. The van der Waals surface area contributed by atoms with Gasteiger partial charge in [0.15, 0.2) is 0 Å². The van der Waals surface area contributed by atoms with Gasteiger partial charge in [0, 0.05) is 6.20 Å². The molecule has 5 nitrogen and oxygen atoms in total. The minimum atomic E-state index is -4.48. The third-order valence-electron chi connectivity index (χ3n) is 2.05. The number of nitrogens with zero attached hydrogens (tertiary/aromatic N) is 3. The summed E-state index contributed by atoms with van der Waals surface area (Å²) < 4.78 is 42.0. The molecule has 2 heterocycles. The lowest BCUT2D eigenvalue weighted by Crippen LogP contribution is -2.07. The average Bonchev–Trinajstić information content (AvgIpc) is 2.65. The molecule has 0 saturated heterocycles. The molecule has 2 rings (SSSR count). The molecule has 0 aliphatic rings. The smallest absolute Gasteiger partial charge is 0.408 e. The van der Waals surface area contributed by atoms with Crippen LogP contribution in [0.5, 0.6) is 0 Å². The normalized spacial score (nSPS) is 11.8. The molecule has 18 heavy (non-hydrogen) atoms. The number of nitrogens with two attached hydrogens (primary N) is 1. The standard InChI is InChI=1S/C9H6ClF3N4O/c10-5-1-4(9(11,12)13)3-15-6(5)2-7-16-17-8(14)18-7/h1,3H,2H2,(H2,14,17). The number of hydrogen-bond acceptors (Lipinski definition) is 5. The van der Waals surface area contributed by atoms with Gasteiger partial charge in [0.2, 0.25) is 5.89 Å². The van der Waals surface area contributed by atoms with Crippen molar-refractivity contribution in [1.82, 2.24) is 15.2 Å². The average molecular weight is 279 g/mol. The molecule has 9 heteroatoms. The van der Waals surface area contributed by atoms with Crippen LogP contribution in [0.4, 0.5) is 19.2 Å². The summed E-state index contributed by atoms with van der Waals surface area (Å²) in [6.07, 6.45) is -3.77. The Kier molecular flexibility index (Phi) is 3.12. The fourth-order valence-corrected chi connectivity index (χ4v) is 1.47. The highest BCUT2D eigenvalue weighted by atomic mass is 35.5. The first-order chi connectivity index (χ1) is 8.36. The predicted octanol–water partition coefficient (Wildman–Crippen LogP) is 2.31. The molecule has 0 radical (unpaired) electrons. The van der Waals surface area contributed by atoms with E-state index < -0.39 is 11.7 Å². The molecule has 2 aromatic heterocycles. The monoisotopic (exact) mass is 278 g/mol. The first-order valence-corrected chi connectivity index (χ1v) is 5.03. The lowest BCUT2D eigenvalue weighted by molar-refractivity contribution is -0.137. The van der Waals surface area contributed by atoms with Gasteiger partial charge in [-0.05, 0) is 6.07 Å². The lowest BCUT2D eigenvalue weighted by atomic mass is 10.2. The highest BCUT2D eigenvalue weighted by Gasteiger charge is 2.31. The van der Waals surface area contributed by atoms with Crippen LogP contribution >= 0.6 is 11.6 Å². The van der Waals surface area contributed by atoms with Crippen molar-refractivity contribution in [2.45, 2.75) is 12.6 Å². The van der Waals surface area contributed by atoms with Gasteiger partial charge >= 0.3 is 12.2 Å². The van der Waals surface area contributed by atoms with Crippen molar-refractivity contribution in [3.05, 3.63) is 34.4 Å². The van der Waals surface area contributed by atoms with Gasteiger partial charge in [-0.15, -0.1) is 5.10 Å². The second-order valence-corrected chi connectivity index (χ2v) is 3.77. The van der Waals surface area contributed by atoms with E-state index in [0.29, 0.717) is 6.20 Å². The molecule has 0 amide bonds. The molecule has 0 fully saturated rings. The first-order valence-electron chi connectivity index (χ1n) is 4.66. The van der Waals surface area contributed by atoms with E-state index in [-0.39, 0.29) is 29.0 Å². The van der Waals surface area contributed by atoms with Crippen molar-refractivity contribution in [1.29, 1.82) is 0 Å². The zero-order chi connectivity index (χ0) is 13.3. The second-order valence-electron chi connectivity index (χ2n) is 3.36. The van der Waals surface area contributed by atoms with Crippen molar-refractivity contribution >= 4 is 17.6 Å². The SMILES string of the molecule is Nc1nnc(Cc2ncc(C(F)(F)F)cc2Cl)o1. The minimum absolute atomic E-state index is 0.0151. The molecule has 0 bridgehead atoms. The van der Waals surface area contributed by atoms with Gasteiger partial charge in [-0.25, -0.2) is 0 Å². The molecule has 0 atom stereocenters. The van der Waals surface area contributed by atoms with E-state index in [1.54, 1.807) is 0 Å². The largest absolute Gasteiger partial charge is 0.417 e. The summed E-state index contributed by atoms with van der Waals surface area (Å²) in [5, 5.41) is 6.85. The number of nitrogen functional groups attached to an aromatic ring is 1. The molecule has 0 saturated carbocycles. The van der Waals surface area contributed by atoms with Crippen molar-refractivity contribution < 1.29 is 17.6 Å². The van der Waals surface area contributed by atoms with Crippen molar-refractivity contribution in [2.24, 2.45) is 0 Å². The highest BCUT2D eigenvalue weighted by Crippen LogP contribution is 2.31. The van der Waals surface area contributed by atoms with Gasteiger partial charge in [-0.1, -0.05) is 16.7 Å². The third kappa shape index (κ3) is 2.70. The molecule has 0 aliphatic carbocycles. The Morgan fingerprint density at radius 2 is 2.06 bits per heavy atom. The molecular formula is C9H6ClF3N4O. The molecule has 0 unspecified atom stereocenters. The maximum absolute atomic E-state index is 12.4. The summed E-state index contributed by atoms with van der Waals surface area (Å²) in [6, 6.07) is 0.664. The molecule has 2 N–H and O–H groups in total. The van der Waals surface area contributed by atoms with Gasteiger partial charge in [-0.2, -0.15) is 13.2 Å². The Morgan fingerprint density at radius 3 is 2.56 bits per heavy atom. The quantitative estimate of drug-likeness (QED) is 0.912. The van der Waals surface area contributed by atoms with Crippen LogP contribution in [0.1, 0.15) is 17.1 Å². The molecular weight excluding hydrogens is 273 g/mol. The minimum Gasteiger partial charge on any atom is -0.408 e. The van der Waals surface area contributed by atoms with Gasteiger partial charge < -0.3 is 10.2 Å². The van der Waals surface area contributed by atoms with E-state index >= 15 is 0 Å². The van der Waals surface area contributed by atoms with Gasteiger partial charge in [-0.3, -0.25) is 4.98 Å². The van der Waals surface area contributed by atoms with Crippen LogP contribution in [0.2, 0.25) is 5.02 Å². The predicted molar refractivity (Wildman–Crippen MR) is 55.8 cm³/mol. The summed E-state index contributed by atoms with van der Waals surface area (Å²) >= 11 is 5.71. The van der Waals surface area contributed by atoms with Crippen LogP contribution in [0.25, 0.3) is 0 Å². The number of halogens is 4. The molecule has 2 aromatic rings. The van der Waals surface area contributed by atoms with E-state index in [9.17, 15) is 13.2 Å². The Hall–Kier alpha value is -1.83. The fourth-order valence-electron chi connectivity index (χ4n) is 1.23. The summed E-state index contributed by atoms with van der Waals surface area (Å²) in [6.45, 7) is 0. The molecule has 96 valence electrons. The summed E-state index contributed by atoms with van der Waals surface area (Å²) in [7, 11) is 0. The zero-order valence-electron chi connectivity index (χ0n) is 8.70. The molecule has 0 aliphatic heterocycles. The van der Waals surface area contributed by atoms with Crippen LogP contribution in [0.15, 0.2) is 16.7 Å². The van der Waals surface area contributed by atoms with Gasteiger partial charge in [0.05, 0.1) is 22.7 Å². The first kappa shape index (κ1) is 12.6. The summed E-state index contributed by atoms with van der Waals surface area (Å²) in [5.74, 6) is 0.127. The highest BCUT2D eigenvalue weighted by molar-refractivity contribution is 6.31. The van der Waals surface area contributed by atoms with Crippen LogP contribution in [-0.2, 0) is 12.6 Å². The van der Waals surface area contributed by atoms with Crippen molar-refractivity contribution in [3.63, 3.8) is 0 Å².